The van der Waals surface area contributed by atoms with Gasteiger partial charge in [-0.1, -0.05) is 44.2 Å². The van der Waals surface area contributed by atoms with Gasteiger partial charge in [-0.3, -0.25) is 0 Å². The van der Waals surface area contributed by atoms with Crippen LogP contribution in [0.2, 0.25) is 0 Å². The van der Waals surface area contributed by atoms with E-state index in [-0.39, 0.29) is 18.0 Å². The summed E-state index contributed by atoms with van der Waals surface area (Å²) in [6.07, 6.45) is 7.97. The Hall–Kier alpha value is -2.07. The summed E-state index contributed by atoms with van der Waals surface area (Å²) in [7, 11) is 0. The van der Waals surface area contributed by atoms with Crippen molar-refractivity contribution in [2.75, 3.05) is 6.61 Å². The van der Waals surface area contributed by atoms with Crippen LogP contribution in [-0.2, 0) is 13.2 Å². The molecule has 3 nitrogen and oxygen atoms in total. The van der Waals surface area contributed by atoms with Crippen LogP contribution in [0.1, 0.15) is 70.4 Å². The fraction of sp³-hybridized carbons (Fsp3) is 0.571. The van der Waals surface area contributed by atoms with E-state index in [9.17, 15) is 4.39 Å². The van der Waals surface area contributed by atoms with Gasteiger partial charge in [-0.15, -0.1) is 0 Å². The summed E-state index contributed by atoms with van der Waals surface area (Å²) in [6.45, 7) is 8.48. The maximum Gasteiger partial charge on any atom is 0.166 e. The predicted molar refractivity (Wildman–Crippen MR) is 125 cm³/mol. The number of halogens is 1. The molecular weight excluding hydrogens is 401 g/mol. The summed E-state index contributed by atoms with van der Waals surface area (Å²) in [4.78, 5) is 0. The zero-order chi connectivity index (χ0) is 22.4. The predicted octanol–water partition coefficient (Wildman–Crippen LogP) is 6.64. The molecule has 2 unspecified atom stereocenters. The topological polar surface area (TPSA) is 30.5 Å². The highest BCUT2D eigenvalue weighted by Gasteiger charge is 2.59. The van der Waals surface area contributed by atoms with E-state index in [4.69, 9.17) is 9.47 Å². The number of nitrogens with one attached hydrogen (secondary N) is 1. The monoisotopic (exact) mass is 437 g/mol. The Morgan fingerprint density at radius 2 is 1.62 bits per heavy atom. The summed E-state index contributed by atoms with van der Waals surface area (Å²) in [6, 6.07) is 12.9. The van der Waals surface area contributed by atoms with Crippen molar-refractivity contribution in [3.63, 3.8) is 0 Å². The first-order valence-electron chi connectivity index (χ1n) is 12.2. The zero-order valence-electron chi connectivity index (χ0n) is 19.7. The Morgan fingerprint density at radius 1 is 0.906 bits per heavy atom. The SMILES string of the molecule is CCOc1cccc(CNC23CC4CC(C)(CC(C)(C4)C2)C3)c1OCc1ccccc1F. The number of rotatable bonds is 8. The normalized spacial score (nSPS) is 32.8. The molecule has 0 aromatic heterocycles. The van der Waals surface area contributed by atoms with Crippen LogP contribution in [0.15, 0.2) is 42.5 Å². The van der Waals surface area contributed by atoms with Crippen LogP contribution in [0, 0.1) is 22.6 Å². The number of hydrogen-bond acceptors (Lipinski definition) is 3. The second kappa shape index (κ2) is 8.06. The minimum atomic E-state index is -0.240. The minimum absolute atomic E-state index is 0.188. The van der Waals surface area contributed by atoms with Gasteiger partial charge in [0.05, 0.1) is 6.61 Å². The molecule has 0 spiro atoms. The summed E-state index contributed by atoms with van der Waals surface area (Å²) in [5.41, 5.74) is 2.79. The quantitative estimate of drug-likeness (QED) is 0.502. The minimum Gasteiger partial charge on any atom is -0.490 e. The average molecular weight is 438 g/mol. The molecule has 4 heteroatoms. The van der Waals surface area contributed by atoms with Crippen LogP contribution >= 0.6 is 0 Å². The van der Waals surface area contributed by atoms with Crippen molar-refractivity contribution < 1.29 is 13.9 Å². The molecule has 0 radical (unpaired) electrons. The van der Waals surface area contributed by atoms with E-state index in [0.29, 0.717) is 23.0 Å². The highest BCUT2D eigenvalue weighted by atomic mass is 19.1. The third-order valence-corrected chi connectivity index (χ3v) is 7.97. The van der Waals surface area contributed by atoms with Crippen molar-refractivity contribution in [2.24, 2.45) is 16.7 Å². The van der Waals surface area contributed by atoms with Crippen LogP contribution in [0.25, 0.3) is 0 Å². The molecule has 4 aliphatic rings. The van der Waals surface area contributed by atoms with Gasteiger partial charge in [0, 0.05) is 23.2 Å². The molecule has 4 aliphatic carbocycles. The zero-order valence-corrected chi connectivity index (χ0v) is 19.7. The van der Waals surface area contributed by atoms with Gasteiger partial charge in [0.1, 0.15) is 12.4 Å². The second-order valence-corrected chi connectivity index (χ2v) is 11.3. The molecule has 0 heterocycles. The highest BCUT2D eigenvalue weighted by Crippen LogP contribution is 2.66. The van der Waals surface area contributed by atoms with Crippen molar-refractivity contribution in [3.05, 3.63) is 59.4 Å². The average Bonchev–Trinajstić information content (AvgIpc) is 2.70. The lowest BCUT2D eigenvalue weighted by Gasteiger charge is -2.65. The maximum absolute atomic E-state index is 14.2. The maximum atomic E-state index is 14.2. The van der Waals surface area contributed by atoms with Crippen LogP contribution in [0.3, 0.4) is 0 Å². The first-order chi connectivity index (χ1) is 15.3. The molecule has 0 saturated heterocycles. The van der Waals surface area contributed by atoms with Crippen molar-refractivity contribution in [1.29, 1.82) is 0 Å². The van der Waals surface area contributed by atoms with Crippen LogP contribution in [0.5, 0.6) is 11.5 Å². The number of ether oxygens (including phenoxy) is 2. The van der Waals surface area contributed by atoms with Crippen LogP contribution in [0.4, 0.5) is 4.39 Å². The standard InChI is InChI=1S/C28H36FNO2/c1-4-31-24-11-7-9-21(25(24)32-16-22-8-5-6-10-23(22)29)15-30-28-14-20-12-26(2,18-28)17-27(3,13-20)19-28/h5-11,20,30H,4,12-19H2,1-3H3. The van der Waals surface area contributed by atoms with Crippen molar-refractivity contribution in [3.8, 4) is 11.5 Å². The summed E-state index contributed by atoms with van der Waals surface area (Å²) in [5, 5.41) is 4.00. The molecule has 4 saturated carbocycles. The molecule has 172 valence electrons. The van der Waals surface area contributed by atoms with Gasteiger partial charge < -0.3 is 14.8 Å². The molecule has 6 rings (SSSR count). The molecular formula is C28H36FNO2. The van der Waals surface area contributed by atoms with Gasteiger partial charge in [0.2, 0.25) is 0 Å². The Bertz CT molecular complexity index is 971. The van der Waals surface area contributed by atoms with E-state index < -0.39 is 0 Å². The highest BCUT2D eigenvalue weighted by molar-refractivity contribution is 5.47. The largest absolute Gasteiger partial charge is 0.490 e. The number of hydrogen-bond donors (Lipinski definition) is 1. The summed E-state index contributed by atoms with van der Waals surface area (Å²) < 4.78 is 26.2. The third-order valence-electron chi connectivity index (χ3n) is 7.97. The molecule has 1 N–H and O–H groups in total. The van der Waals surface area contributed by atoms with E-state index in [1.165, 1.54) is 44.6 Å². The van der Waals surface area contributed by atoms with Crippen molar-refractivity contribution in [2.45, 2.75) is 78.0 Å². The van der Waals surface area contributed by atoms with E-state index >= 15 is 0 Å². The van der Waals surface area contributed by atoms with Crippen LogP contribution in [-0.4, -0.2) is 12.1 Å². The van der Waals surface area contributed by atoms with Gasteiger partial charge in [-0.2, -0.15) is 0 Å². The Labute approximate surface area is 191 Å². The van der Waals surface area contributed by atoms with Crippen molar-refractivity contribution >= 4 is 0 Å². The third kappa shape index (κ3) is 4.14. The summed E-state index contributed by atoms with van der Waals surface area (Å²) in [5.74, 6) is 2.07. The fourth-order valence-electron chi connectivity index (χ4n) is 7.83. The molecule has 0 aliphatic heterocycles. The first-order valence-corrected chi connectivity index (χ1v) is 12.2. The Morgan fingerprint density at radius 3 is 2.31 bits per heavy atom. The first kappa shape index (κ1) is 21.8. The molecule has 2 aromatic carbocycles. The number of benzene rings is 2. The van der Waals surface area contributed by atoms with Gasteiger partial charge in [-0.25, -0.2) is 4.39 Å². The lowest BCUT2D eigenvalue weighted by atomic mass is 9.43. The van der Waals surface area contributed by atoms with Gasteiger partial charge in [-0.05, 0) is 74.3 Å². The molecule has 4 fully saturated rings. The summed E-state index contributed by atoms with van der Waals surface area (Å²) >= 11 is 0. The van der Waals surface area contributed by atoms with Gasteiger partial charge in [0.15, 0.2) is 11.5 Å². The fourth-order valence-corrected chi connectivity index (χ4v) is 7.83. The number of para-hydroxylation sites is 1. The molecule has 2 aromatic rings. The molecule has 2 atom stereocenters. The van der Waals surface area contributed by atoms with E-state index in [0.717, 1.165) is 29.5 Å². The van der Waals surface area contributed by atoms with Gasteiger partial charge in [0.25, 0.3) is 0 Å². The second-order valence-electron chi connectivity index (χ2n) is 11.3. The van der Waals surface area contributed by atoms with E-state index in [1.807, 2.05) is 25.1 Å². The van der Waals surface area contributed by atoms with E-state index in [2.05, 4.69) is 25.2 Å². The molecule has 4 bridgehead atoms. The van der Waals surface area contributed by atoms with Crippen molar-refractivity contribution in [1.82, 2.24) is 5.32 Å². The lowest BCUT2D eigenvalue weighted by Crippen LogP contribution is -2.63. The molecule has 0 amide bonds. The van der Waals surface area contributed by atoms with E-state index in [1.54, 1.807) is 12.1 Å². The lowest BCUT2D eigenvalue weighted by molar-refractivity contribution is -0.118. The smallest absolute Gasteiger partial charge is 0.166 e. The molecule has 32 heavy (non-hydrogen) atoms. The van der Waals surface area contributed by atoms with Gasteiger partial charge >= 0.3 is 0 Å². The van der Waals surface area contributed by atoms with Crippen LogP contribution < -0.4 is 14.8 Å². The Balaban J connectivity index is 1.37. The Kier molecular flexibility index (Phi) is 5.48.